The maximum atomic E-state index is 13.7. The summed E-state index contributed by atoms with van der Waals surface area (Å²) < 4.78 is 43.7. The minimum absolute atomic E-state index is 0.126. The van der Waals surface area contributed by atoms with Crippen molar-refractivity contribution in [3.63, 3.8) is 0 Å². The smallest absolute Gasteiger partial charge is 0.340 e. The number of benzene rings is 3. The van der Waals surface area contributed by atoms with Gasteiger partial charge < -0.3 is 20.5 Å². The van der Waals surface area contributed by atoms with E-state index in [1.165, 1.54) is 46.3 Å². The molecule has 2 amide bonds. The topological polar surface area (TPSA) is 119 Å². The molecular formula is C34H27F3N8O2. The summed E-state index contributed by atoms with van der Waals surface area (Å²) in [6.45, 7) is 7.67. The summed E-state index contributed by atoms with van der Waals surface area (Å²) in [5.74, 6) is -0.257. The van der Waals surface area contributed by atoms with Gasteiger partial charge in [0.25, 0.3) is 5.91 Å². The molecule has 6 rings (SSSR count). The minimum atomic E-state index is -4.67. The van der Waals surface area contributed by atoms with Crippen molar-refractivity contribution in [2.75, 3.05) is 16.0 Å². The Kier molecular flexibility index (Phi) is 8.04. The Balaban J connectivity index is 1.22. The van der Waals surface area contributed by atoms with E-state index in [0.717, 1.165) is 29.0 Å². The van der Waals surface area contributed by atoms with Crippen LogP contribution in [0.5, 0.6) is 0 Å². The highest BCUT2D eigenvalue weighted by molar-refractivity contribution is 6.06. The lowest BCUT2D eigenvalue weighted by molar-refractivity contribution is -0.137. The van der Waals surface area contributed by atoms with Crippen LogP contribution in [0.15, 0.2) is 105 Å². The van der Waals surface area contributed by atoms with Crippen molar-refractivity contribution in [2.24, 2.45) is 0 Å². The number of aromatic nitrogens is 5. The molecule has 0 bridgehead atoms. The van der Waals surface area contributed by atoms with E-state index in [1.807, 2.05) is 31.2 Å². The van der Waals surface area contributed by atoms with Crippen LogP contribution in [0.25, 0.3) is 22.3 Å². The van der Waals surface area contributed by atoms with Gasteiger partial charge in [-0.3, -0.25) is 9.36 Å². The van der Waals surface area contributed by atoms with Gasteiger partial charge in [-0.25, -0.2) is 19.7 Å². The van der Waals surface area contributed by atoms with E-state index in [4.69, 9.17) is 0 Å². The van der Waals surface area contributed by atoms with Crippen molar-refractivity contribution in [2.45, 2.75) is 20.0 Å². The molecule has 6 aromatic rings. The lowest BCUT2D eigenvalue weighted by Gasteiger charge is -2.14. The van der Waals surface area contributed by atoms with Crippen molar-refractivity contribution in [1.29, 1.82) is 0 Å². The monoisotopic (exact) mass is 636 g/mol. The zero-order valence-corrected chi connectivity index (χ0v) is 25.1. The summed E-state index contributed by atoms with van der Waals surface area (Å²) in [6, 6.07) is 16.7. The highest BCUT2D eigenvalue weighted by atomic mass is 19.4. The first kappa shape index (κ1) is 30.8. The summed E-state index contributed by atoms with van der Waals surface area (Å²) in [5.41, 5.74) is 3.30. The molecule has 0 radical (unpaired) electrons. The van der Waals surface area contributed by atoms with Gasteiger partial charge in [-0.05, 0) is 73.5 Å². The van der Waals surface area contributed by atoms with Gasteiger partial charge in [-0.2, -0.15) is 13.2 Å². The normalized spacial score (nSPS) is 11.3. The van der Waals surface area contributed by atoms with Crippen molar-refractivity contribution in [3.05, 3.63) is 127 Å². The van der Waals surface area contributed by atoms with Gasteiger partial charge in [0.1, 0.15) is 12.1 Å². The van der Waals surface area contributed by atoms with E-state index >= 15 is 0 Å². The summed E-state index contributed by atoms with van der Waals surface area (Å²) in [4.78, 5) is 39.1. The zero-order chi connectivity index (χ0) is 33.3. The first-order valence-electron chi connectivity index (χ1n) is 14.3. The number of nitrogens with one attached hydrogen (secondary N) is 3. The molecule has 0 spiro atoms. The third-order valence-electron chi connectivity index (χ3n) is 7.37. The Bertz CT molecular complexity index is 2150. The Labute approximate surface area is 266 Å². The number of carbonyl (C=O) groups is 2. The molecule has 0 saturated carbocycles. The number of anilines is 4. The Hall–Kier alpha value is -6.24. The standard InChI is InChI=1S/C34H27F3N8O2/c1-20(2)22-5-4-6-25(14-22)41-30-28-9-11-45(31(28)40-18-39-30)33(47)43-29-17-26(8-7-21(29)3)42-32(46)23-13-24(34(35,36)37)16-27(15-23)44-12-10-38-19-44/h4-19H,1H2,2-3H3,(H,42,46)(H,43,47)(H,39,40,41). The van der Waals surface area contributed by atoms with Crippen molar-refractivity contribution >= 4 is 51.4 Å². The summed E-state index contributed by atoms with van der Waals surface area (Å²) in [5, 5.41) is 9.34. The minimum Gasteiger partial charge on any atom is -0.340 e. The van der Waals surface area contributed by atoms with Crippen LogP contribution in [0.3, 0.4) is 0 Å². The van der Waals surface area contributed by atoms with Crippen LogP contribution in [0.4, 0.5) is 40.8 Å². The van der Waals surface area contributed by atoms with Crippen LogP contribution >= 0.6 is 0 Å². The largest absolute Gasteiger partial charge is 0.416 e. The van der Waals surface area contributed by atoms with E-state index in [-0.39, 0.29) is 16.9 Å². The predicted octanol–water partition coefficient (Wildman–Crippen LogP) is 8.05. The number of imidazole rings is 1. The maximum absolute atomic E-state index is 13.7. The van der Waals surface area contributed by atoms with E-state index in [0.29, 0.717) is 28.1 Å². The van der Waals surface area contributed by atoms with Crippen LogP contribution in [0.2, 0.25) is 0 Å². The summed E-state index contributed by atoms with van der Waals surface area (Å²) >= 11 is 0. The first-order chi connectivity index (χ1) is 22.5. The number of hydrogen-bond acceptors (Lipinski definition) is 6. The Morgan fingerprint density at radius 1 is 0.894 bits per heavy atom. The average Bonchev–Trinajstić information content (AvgIpc) is 3.74. The number of alkyl halides is 3. The maximum Gasteiger partial charge on any atom is 0.416 e. The van der Waals surface area contributed by atoms with Crippen LogP contribution in [0.1, 0.15) is 34.0 Å². The lowest BCUT2D eigenvalue weighted by Crippen LogP contribution is -2.20. The SMILES string of the molecule is C=C(C)c1cccc(Nc2ncnc3c2ccn3C(=O)Nc2cc(NC(=O)c3cc(-n4ccnc4)cc(C(F)(F)F)c3)ccc2C)c1. The molecule has 3 N–H and O–H groups in total. The molecule has 0 saturated heterocycles. The second kappa shape index (κ2) is 12.3. The fourth-order valence-electron chi connectivity index (χ4n) is 4.89. The number of hydrogen-bond donors (Lipinski definition) is 3. The van der Waals surface area contributed by atoms with Gasteiger partial charge >= 0.3 is 12.2 Å². The highest BCUT2D eigenvalue weighted by Gasteiger charge is 2.32. The van der Waals surface area contributed by atoms with Crippen LogP contribution in [0, 0.1) is 6.92 Å². The fourth-order valence-corrected chi connectivity index (χ4v) is 4.89. The van der Waals surface area contributed by atoms with E-state index < -0.39 is 23.7 Å². The third-order valence-corrected chi connectivity index (χ3v) is 7.37. The highest BCUT2D eigenvalue weighted by Crippen LogP contribution is 2.32. The quantitative estimate of drug-likeness (QED) is 0.163. The van der Waals surface area contributed by atoms with Gasteiger partial charge in [0.15, 0.2) is 5.65 Å². The second-order valence-electron chi connectivity index (χ2n) is 10.8. The third kappa shape index (κ3) is 6.59. The molecule has 0 aliphatic heterocycles. The Morgan fingerprint density at radius 2 is 1.72 bits per heavy atom. The first-order valence-corrected chi connectivity index (χ1v) is 14.3. The molecule has 0 aliphatic carbocycles. The molecule has 3 aromatic carbocycles. The van der Waals surface area contributed by atoms with Crippen LogP contribution in [-0.2, 0) is 6.18 Å². The molecule has 236 valence electrons. The van der Waals surface area contributed by atoms with Crippen molar-refractivity contribution in [3.8, 4) is 5.69 Å². The molecule has 13 heteroatoms. The van der Waals surface area contributed by atoms with Gasteiger partial charge in [0.05, 0.1) is 17.3 Å². The van der Waals surface area contributed by atoms with E-state index in [9.17, 15) is 22.8 Å². The van der Waals surface area contributed by atoms with Crippen LogP contribution in [-0.4, -0.2) is 36.0 Å². The van der Waals surface area contributed by atoms with E-state index in [2.05, 4.69) is 37.5 Å². The van der Waals surface area contributed by atoms with Gasteiger partial charge in [0, 0.05) is 46.9 Å². The molecule has 10 nitrogen and oxygen atoms in total. The average molecular weight is 637 g/mol. The number of aryl methyl sites for hydroxylation is 1. The molecular weight excluding hydrogens is 609 g/mol. The number of allylic oxidation sites excluding steroid dienone is 1. The molecule has 3 aromatic heterocycles. The number of nitrogens with zero attached hydrogens (tertiary/aromatic N) is 5. The molecule has 0 aliphatic rings. The molecule has 0 unspecified atom stereocenters. The number of amides is 2. The molecule has 0 atom stereocenters. The summed E-state index contributed by atoms with van der Waals surface area (Å²) in [6.07, 6.45) is 2.48. The molecule has 3 heterocycles. The molecule has 47 heavy (non-hydrogen) atoms. The molecule has 0 fully saturated rings. The van der Waals surface area contributed by atoms with Gasteiger partial charge in [-0.15, -0.1) is 0 Å². The second-order valence-corrected chi connectivity index (χ2v) is 10.8. The van der Waals surface area contributed by atoms with Gasteiger partial charge in [0.2, 0.25) is 0 Å². The van der Waals surface area contributed by atoms with Gasteiger partial charge in [-0.1, -0.05) is 30.4 Å². The number of rotatable bonds is 7. The van der Waals surface area contributed by atoms with Crippen molar-refractivity contribution in [1.82, 2.24) is 24.1 Å². The van der Waals surface area contributed by atoms with Crippen LogP contribution < -0.4 is 16.0 Å². The number of carbonyl (C=O) groups excluding carboxylic acids is 2. The number of halogens is 3. The Morgan fingerprint density at radius 3 is 2.47 bits per heavy atom. The summed E-state index contributed by atoms with van der Waals surface area (Å²) in [7, 11) is 0. The predicted molar refractivity (Wildman–Crippen MR) is 174 cm³/mol. The zero-order valence-electron chi connectivity index (χ0n) is 25.1. The van der Waals surface area contributed by atoms with Crippen molar-refractivity contribution < 1.29 is 22.8 Å². The van der Waals surface area contributed by atoms with E-state index in [1.54, 1.807) is 31.3 Å². The number of fused-ring (bicyclic) bond motifs is 1. The lowest BCUT2D eigenvalue weighted by atomic mass is 10.1. The fraction of sp³-hybridized carbons (Fsp3) is 0.0882.